The highest BCUT2D eigenvalue weighted by molar-refractivity contribution is 6.32. The molecule has 1 N–H and O–H groups in total. The van der Waals surface area contributed by atoms with E-state index in [0.717, 1.165) is 5.69 Å². The number of halogens is 1. The quantitative estimate of drug-likeness (QED) is 0.727. The van der Waals surface area contributed by atoms with Crippen LogP contribution in [-0.2, 0) is 0 Å². The molecule has 13 heavy (non-hydrogen) atoms. The molecule has 0 spiro atoms. The fraction of sp³-hybridized carbons (Fsp3) is 0.100. The van der Waals surface area contributed by atoms with E-state index < -0.39 is 0 Å². The van der Waals surface area contributed by atoms with E-state index in [1.807, 2.05) is 6.07 Å². The third-order valence-corrected chi connectivity index (χ3v) is 1.80. The lowest BCUT2D eigenvalue weighted by molar-refractivity contribution is 1.37. The van der Waals surface area contributed by atoms with Crippen LogP contribution in [0.15, 0.2) is 18.2 Å². The van der Waals surface area contributed by atoms with E-state index in [9.17, 15) is 0 Å². The summed E-state index contributed by atoms with van der Waals surface area (Å²) in [6.07, 6.45) is 5.07. The molecule has 0 amide bonds. The maximum atomic E-state index is 8.60. The summed E-state index contributed by atoms with van der Waals surface area (Å²) in [6, 6.07) is 7.08. The highest BCUT2D eigenvalue weighted by Crippen LogP contribution is 2.19. The van der Waals surface area contributed by atoms with E-state index in [1.165, 1.54) is 0 Å². The van der Waals surface area contributed by atoms with Crippen molar-refractivity contribution in [1.29, 1.82) is 5.26 Å². The van der Waals surface area contributed by atoms with E-state index in [-0.39, 0.29) is 0 Å². The Morgan fingerprint density at radius 3 is 2.85 bits per heavy atom. The molecule has 2 nitrogen and oxygen atoms in total. The summed E-state index contributed by atoms with van der Waals surface area (Å²) in [5, 5.41) is 12.0. The first-order chi connectivity index (χ1) is 6.27. The number of nitrogens with zero attached hydrogens (tertiary/aromatic N) is 1. The van der Waals surface area contributed by atoms with Crippen LogP contribution in [0, 0.1) is 23.7 Å². The number of nitriles is 1. The Balaban J connectivity index is 2.86. The summed E-state index contributed by atoms with van der Waals surface area (Å²) in [6.45, 7) is 0.447. The molecule has 1 aromatic rings. The molecule has 0 radical (unpaired) electrons. The largest absolute Gasteiger partial charge is 0.374 e. The van der Waals surface area contributed by atoms with Crippen LogP contribution in [0.1, 0.15) is 5.56 Å². The molecule has 0 fully saturated rings. The first kappa shape index (κ1) is 9.45. The van der Waals surface area contributed by atoms with E-state index >= 15 is 0 Å². The van der Waals surface area contributed by atoms with Crippen LogP contribution in [0.2, 0.25) is 5.02 Å². The molecule has 1 rings (SSSR count). The third kappa shape index (κ3) is 2.40. The Kier molecular flexibility index (Phi) is 3.20. The molecule has 0 unspecified atom stereocenters. The van der Waals surface area contributed by atoms with Crippen molar-refractivity contribution in [2.75, 3.05) is 11.9 Å². The van der Waals surface area contributed by atoms with Gasteiger partial charge in [-0.25, -0.2) is 0 Å². The molecule has 64 valence electrons. The first-order valence-corrected chi connectivity index (χ1v) is 4.02. The predicted molar refractivity (Wildman–Crippen MR) is 53.5 cm³/mol. The van der Waals surface area contributed by atoms with Crippen molar-refractivity contribution in [3.05, 3.63) is 28.8 Å². The minimum absolute atomic E-state index is 0.435. The van der Waals surface area contributed by atoms with Crippen LogP contribution in [0.4, 0.5) is 5.69 Å². The minimum Gasteiger partial charge on any atom is -0.374 e. The van der Waals surface area contributed by atoms with Gasteiger partial charge in [0.05, 0.1) is 17.1 Å². The van der Waals surface area contributed by atoms with Crippen molar-refractivity contribution in [3.8, 4) is 18.4 Å². The Bertz CT molecular complexity index is 385. The minimum atomic E-state index is 0.435. The average Bonchev–Trinajstić information content (AvgIpc) is 2.15. The summed E-state index contributed by atoms with van der Waals surface area (Å²) in [7, 11) is 0. The van der Waals surface area contributed by atoms with Crippen LogP contribution in [0.25, 0.3) is 0 Å². The first-order valence-electron chi connectivity index (χ1n) is 3.65. The van der Waals surface area contributed by atoms with Crippen LogP contribution >= 0.6 is 11.6 Å². The average molecular weight is 191 g/mol. The van der Waals surface area contributed by atoms with E-state index in [0.29, 0.717) is 17.1 Å². The molecule has 0 aromatic heterocycles. The molecule has 0 saturated carbocycles. The van der Waals surface area contributed by atoms with Crippen LogP contribution in [0.5, 0.6) is 0 Å². The fourth-order valence-corrected chi connectivity index (χ4v) is 1.09. The van der Waals surface area contributed by atoms with Gasteiger partial charge in [-0.3, -0.25) is 0 Å². The van der Waals surface area contributed by atoms with Gasteiger partial charge in [0.1, 0.15) is 6.07 Å². The summed E-state index contributed by atoms with van der Waals surface area (Å²) in [4.78, 5) is 0. The topological polar surface area (TPSA) is 35.8 Å². The molecule has 0 heterocycles. The number of rotatable bonds is 2. The molecule has 0 bridgehead atoms. The van der Waals surface area contributed by atoms with Gasteiger partial charge in [-0.05, 0) is 18.2 Å². The maximum Gasteiger partial charge on any atom is 0.101 e. The SMILES string of the molecule is C#CCNc1ccc(C#N)c(Cl)c1. The van der Waals surface area contributed by atoms with Crippen molar-refractivity contribution < 1.29 is 0 Å². The van der Waals surface area contributed by atoms with Gasteiger partial charge in [-0.1, -0.05) is 17.5 Å². The number of anilines is 1. The Morgan fingerprint density at radius 1 is 1.54 bits per heavy atom. The van der Waals surface area contributed by atoms with Gasteiger partial charge in [0.15, 0.2) is 0 Å². The van der Waals surface area contributed by atoms with Crippen molar-refractivity contribution in [3.63, 3.8) is 0 Å². The highest BCUT2D eigenvalue weighted by atomic mass is 35.5. The van der Waals surface area contributed by atoms with E-state index in [2.05, 4.69) is 11.2 Å². The summed E-state index contributed by atoms with van der Waals surface area (Å²) in [5.74, 6) is 2.45. The lowest BCUT2D eigenvalue weighted by Gasteiger charge is -2.02. The van der Waals surface area contributed by atoms with Crippen molar-refractivity contribution >= 4 is 17.3 Å². The van der Waals surface area contributed by atoms with Gasteiger partial charge >= 0.3 is 0 Å². The molecule has 1 aromatic carbocycles. The predicted octanol–water partition coefficient (Wildman–Crippen LogP) is 2.26. The second-order valence-electron chi connectivity index (χ2n) is 2.36. The number of hydrogen-bond donors (Lipinski definition) is 1. The van der Waals surface area contributed by atoms with Gasteiger partial charge in [-0.15, -0.1) is 6.42 Å². The molecule has 0 saturated heterocycles. The van der Waals surface area contributed by atoms with Crippen LogP contribution < -0.4 is 5.32 Å². The fourth-order valence-electron chi connectivity index (χ4n) is 0.869. The standard InChI is InChI=1S/C10H7ClN2/c1-2-5-13-9-4-3-8(7-12)10(11)6-9/h1,3-4,6,13H,5H2. The highest BCUT2D eigenvalue weighted by Gasteiger charge is 1.99. The maximum absolute atomic E-state index is 8.60. The lowest BCUT2D eigenvalue weighted by Crippen LogP contribution is -1.97. The Morgan fingerprint density at radius 2 is 2.31 bits per heavy atom. The van der Waals surface area contributed by atoms with Crippen molar-refractivity contribution in [2.24, 2.45) is 0 Å². The summed E-state index contributed by atoms with van der Waals surface area (Å²) >= 11 is 5.79. The Hall–Kier alpha value is -1.64. The second kappa shape index (κ2) is 4.40. The molecule has 0 aliphatic carbocycles. The number of benzene rings is 1. The zero-order valence-electron chi connectivity index (χ0n) is 6.84. The van der Waals surface area contributed by atoms with E-state index in [4.69, 9.17) is 23.3 Å². The monoisotopic (exact) mass is 190 g/mol. The zero-order chi connectivity index (χ0) is 9.68. The van der Waals surface area contributed by atoms with Gasteiger partial charge in [0.25, 0.3) is 0 Å². The molecular formula is C10H7ClN2. The smallest absolute Gasteiger partial charge is 0.101 e. The zero-order valence-corrected chi connectivity index (χ0v) is 7.60. The number of nitrogens with one attached hydrogen (secondary N) is 1. The summed E-state index contributed by atoms with van der Waals surface area (Å²) in [5.41, 5.74) is 1.29. The molecule has 0 atom stereocenters. The number of hydrogen-bond acceptors (Lipinski definition) is 2. The number of terminal acetylenes is 1. The molecule has 0 aliphatic rings. The third-order valence-electron chi connectivity index (χ3n) is 1.48. The van der Waals surface area contributed by atoms with Crippen LogP contribution in [0.3, 0.4) is 0 Å². The van der Waals surface area contributed by atoms with Gasteiger partial charge in [0.2, 0.25) is 0 Å². The molecular weight excluding hydrogens is 184 g/mol. The molecule has 0 aliphatic heterocycles. The normalized spacial score (nSPS) is 8.54. The van der Waals surface area contributed by atoms with E-state index in [1.54, 1.807) is 18.2 Å². The lowest BCUT2D eigenvalue weighted by atomic mass is 10.2. The molecule has 3 heteroatoms. The van der Waals surface area contributed by atoms with Crippen molar-refractivity contribution in [1.82, 2.24) is 0 Å². The van der Waals surface area contributed by atoms with Crippen molar-refractivity contribution in [2.45, 2.75) is 0 Å². The second-order valence-corrected chi connectivity index (χ2v) is 2.77. The summed E-state index contributed by atoms with van der Waals surface area (Å²) < 4.78 is 0. The van der Waals surface area contributed by atoms with Crippen LogP contribution in [-0.4, -0.2) is 6.54 Å². The Labute approximate surface area is 82.1 Å². The van der Waals surface area contributed by atoms with Gasteiger partial charge in [-0.2, -0.15) is 5.26 Å². The van der Waals surface area contributed by atoms with Gasteiger partial charge in [0, 0.05) is 5.69 Å². The van der Waals surface area contributed by atoms with Gasteiger partial charge < -0.3 is 5.32 Å².